The van der Waals surface area contributed by atoms with Crippen LogP contribution in [0, 0.1) is 0 Å². The molecule has 25 heavy (non-hydrogen) atoms. The number of aryl methyl sites for hydroxylation is 1. The fourth-order valence-electron chi connectivity index (χ4n) is 2.11. The fourth-order valence-corrected chi connectivity index (χ4v) is 3.15. The molecule has 2 unspecified atom stereocenters. The largest absolute Gasteiger partial charge is 0.479 e. The lowest BCUT2D eigenvalue weighted by Crippen LogP contribution is -2.28. The van der Waals surface area contributed by atoms with E-state index < -0.39 is 31.9 Å². The lowest BCUT2D eigenvalue weighted by atomic mass is 10.1. The molecule has 2 atom stereocenters. The summed E-state index contributed by atoms with van der Waals surface area (Å²) in [6, 6.07) is 9.35. The van der Waals surface area contributed by atoms with Gasteiger partial charge in [0.05, 0.1) is 0 Å². The highest BCUT2D eigenvalue weighted by Gasteiger charge is 2.29. The zero-order chi connectivity index (χ0) is 18.7. The highest BCUT2D eigenvalue weighted by Crippen LogP contribution is 2.42. The second-order valence-electron chi connectivity index (χ2n) is 5.60. The van der Waals surface area contributed by atoms with Gasteiger partial charge in [-0.1, -0.05) is 30.3 Å². The number of rotatable bonds is 12. The molecule has 0 radical (unpaired) electrons. The molecule has 140 valence electrons. The lowest BCUT2D eigenvalue weighted by Gasteiger charge is -2.18. The van der Waals surface area contributed by atoms with Crippen LogP contribution < -0.4 is 11.1 Å². The average molecular weight is 372 g/mol. The van der Waals surface area contributed by atoms with Crippen LogP contribution in [0.5, 0.6) is 0 Å². The number of carboxylic acid groups (broad SMARTS) is 1. The van der Waals surface area contributed by atoms with Crippen molar-refractivity contribution in [1.29, 1.82) is 0 Å². The lowest BCUT2D eigenvalue weighted by molar-refractivity contribution is -0.145. The van der Waals surface area contributed by atoms with Gasteiger partial charge in [-0.05, 0) is 37.8 Å². The summed E-state index contributed by atoms with van der Waals surface area (Å²) in [6.45, 7) is 0.403. The number of carbonyl (C=O) groups excluding carboxylic acids is 1. The number of aliphatic carboxylic acids is 1. The van der Waals surface area contributed by atoms with E-state index in [1.165, 1.54) is 0 Å². The number of unbranched alkanes of at least 4 members (excludes halogenated alkanes) is 1. The Bertz CT molecular complexity index is 596. The number of nitrogens with one attached hydrogen (secondary N) is 1. The molecule has 0 aliphatic carbocycles. The Labute approximate surface area is 146 Å². The summed E-state index contributed by atoms with van der Waals surface area (Å²) in [5, 5.41) is 11.4. The molecule has 0 saturated heterocycles. The molecule has 0 aromatic heterocycles. The third-order valence-electron chi connectivity index (χ3n) is 3.45. The Kier molecular flexibility index (Phi) is 9.37. The van der Waals surface area contributed by atoms with Crippen molar-refractivity contribution in [2.45, 2.75) is 38.2 Å². The van der Waals surface area contributed by atoms with Crippen molar-refractivity contribution in [3.8, 4) is 0 Å². The van der Waals surface area contributed by atoms with Gasteiger partial charge < -0.3 is 21.1 Å². The molecule has 0 fully saturated rings. The Morgan fingerprint density at radius 2 is 1.92 bits per heavy atom. The monoisotopic (exact) mass is 372 g/mol. The van der Waals surface area contributed by atoms with Crippen LogP contribution in [0.15, 0.2) is 30.3 Å². The predicted octanol–water partition coefficient (Wildman–Crippen LogP) is 1.48. The fraction of sp³-hybridized carbons (Fsp3) is 0.500. The molecular weight excluding hydrogens is 347 g/mol. The van der Waals surface area contributed by atoms with Crippen molar-refractivity contribution >= 4 is 19.5 Å². The molecule has 0 aliphatic heterocycles. The topological polar surface area (TPSA) is 139 Å². The number of carbonyl (C=O) groups is 2. The first-order valence-corrected chi connectivity index (χ1v) is 9.84. The molecule has 0 saturated carbocycles. The zero-order valence-corrected chi connectivity index (χ0v) is 14.9. The smallest absolute Gasteiger partial charge is 0.347 e. The normalized spacial score (nSPS) is 14.5. The van der Waals surface area contributed by atoms with Crippen LogP contribution in [-0.2, 0) is 25.1 Å². The highest BCUT2D eigenvalue weighted by molar-refractivity contribution is 7.52. The number of carboxylic acids is 1. The Balaban J connectivity index is 2.40. The van der Waals surface area contributed by atoms with Crippen LogP contribution in [0.4, 0.5) is 0 Å². The van der Waals surface area contributed by atoms with Crippen LogP contribution in [-0.4, -0.2) is 40.8 Å². The maximum Gasteiger partial charge on any atom is 0.347 e. The van der Waals surface area contributed by atoms with E-state index >= 15 is 0 Å². The van der Waals surface area contributed by atoms with E-state index in [-0.39, 0.29) is 12.8 Å². The molecular formula is C16H25N2O6P. The van der Waals surface area contributed by atoms with Gasteiger partial charge in [0.25, 0.3) is 0 Å². The van der Waals surface area contributed by atoms with Gasteiger partial charge in [-0.3, -0.25) is 13.9 Å². The summed E-state index contributed by atoms with van der Waals surface area (Å²) in [5.41, 5.74) is 6.31. The van der Waals surface area contributed by atoms with Crippen molar-refractivity contribution in [1.82, 2.24) is 5.32 Å². The summed E-state index contributed by atoms with van der Waals surface area (Å²) < 4.78 is 16.8. The number of amides is 1. The maximum absolute atomic E-state index is 12.0. The quantitative estimate of drug-likeness (QED) is 0.322. The van der Waals surface area contributed by atoms with E-state index in [0.29, 0.717) is 25.8 Å². The van der Waals surface area contributed by atoms with E-state index in [0.717, 1.165) is 5.56 Å². The van der Waals surface area contributed by atoms with E-state index in [4.69, 9.17) is 15.4 Å². The summed E-state index contributed by atoms with van der Waals surface area (Å²) in [5.74, 6) is -1.72. The SMILES string of the molecule is NCCCCC(OP(=O)(O)CNC(=O)CCc1ccccc1)C(=O)O. The van der Waals surface area contributed by atoms with Gasteiger partial charge in [-0.15, -0.1) is 0 Å². The summed E-state index contributed by atoms with van der Waals surface area (Å²) in [7, 11) is -4.24. The number of benzene rings is 1. The minimum atomic E-state index is -4.24. The second-order valence-corrected chi connectivity index (χ2v) is 7.40. The first-order valence-electron chi connectivity index (χ1n) is 8.08. The van der Waals surface area contributed by atoms with E-state index in [1.54, 1.807) is 0 Å². The van der Waals surface area contributed by atoms with Crippen molar-refractivity contribution in [2.75, 3.05) is 12.8 Å². The summed E-state index contributed by atoms with van der Waals surface area (Å²) in [6.07, 6.45) is -0.220. The number of hydrogen-bond acceptors (Lipinski definition) is 5. The van der Waals surface area contributed by atoms with Gasteiger partial charge in [-0.2, -0.15) is 0 Å². The van der Waals surface area contributed by atoms with Gasteiger partial charge in [-0.25, -0.2) is 4.79 Å². The molecule has 8 nitrogen and oxygen atoms in total. The van der Waals surface area contributed by atoms with E-state index in [2.05, 4.69) is 5.32 Å². The predicted molar refractivity (Wildman–Crippen MR) is 93.0 cm³/mol. The molecule has 0 aliphatic rings. The zero-order valence-electron chi connectivity index (χ0n) is 14.0. The van der Waals surface area contributed by atoms with Gasteiger partial charge in [0, 0.05) is 6.42 Å². The summed E-state index contributed by atoms with van der Waals surface area (Å²) >= 11 is 0. The van der Waals surface area contributed by atoms with Crippen molar-refractivity contribution < 1.29 is 28.7 Å². The van der Waals surface area contributed by atoms with Gasteiger partial charge in [0.15, 0.2) is 6.10 Å². The second kappa shape index (κ2) is 11.0. The van der Waals surface area contributed by atoms with Crippen LogP contribution in [0.1, 0.15) is 31.2 Å². The van der Waals surface area contributed by atoms with E-state index in [9.17, 15) is 19.0 Å². The van der Waals surface area contributed by atoms with E-state index in [1.807, 2.05) is 30.3 Å². The van der Waals surface area contributed by atoms with Crippen molar-refractivity contribution in [2.24, 2.45) is 5.73 Å². The van der Waals surface area contributed by atoms with Gasteiger partial charge >= 0.3 is 13.6 Å². The Hall–Kier alpha value is -1.73. The molecule has 1 rings (SSSR count). The van der Waals surface area contributed by atoms with Crippen molar-refractivity contribution in [3.05, 3.63) is 35.9 Å². The number of hydrogen-bond donors (Lipinski definition) is 4. The van der Waals surface area contributed by atoms with Gasteiger partial charge in [0.1, 0.15) is 6.29 Å². The van der Waals surface area contributed by atoms with Gasteiger partial charge in [0.2, 0.25) is 5.91 Å². The minimum Gasteiger partial charge on any atom is -0.479 e. The Morgan fingerprint density at radius 1 is 1.24 bits per heavy atom. The van der Waals surface area contributed by atoms with Crippen LogP contribution in [0.25, 0.3) is 0 Å². The minimum absolute atomic E-state index is 0.0824. The maximum atomic E-state index is 12.0. The first kappa shape index (κ1) is 21.3. The average Bonchev–Trinajstić information content (AvgIpc) is 2.58. The standard InChI is InChI=1S/C16H25N2O6P/c17-11-5-4-8-14(16(20)21)24-25(22,23)12-18-15(19)10-9-13-6-2-1-3-7-13/h1-3,6-7,14H,4-5,8-12,17H2,(H,18,19)(H,20,21)(H,22,23). The molecule has 1 aromatic carbocycles. The number of nitrogens with two attached hydrogens (primary N) is 1. The molecule has 5 N–H and O–H groups in total. The molecule has 1 amide bonds. The van der Waals surface area contributed by atoms with Crippen LogP contribution >= 0.6 is 7.60 Å². The molecule has 1 aromatic rings. The van der Waals surface area contributed by atoms with Crippen LogP contribution in [0.3, 0.4) is 0 Å². The summed E-state index contributed by atoms with van der Waals surface area (Å²) in [4.78, 5) is 32.6. The van der Waals surface area contributed by atoms with Crippen molar-refractivity contribution in [3.63, 3.8) is 0 Å². The molecule has 0 spiro atoms. The third kappa shape index (κ3) is 9.36. The molecule has 0 heterocycles. The molecule has 9 heteroatoms. The first-order chi connectivity index (χ1) is 11.8. The van der Waals surface area contributed by atoms with Crippen LogP contribution in [0.2, 0.25) is 0 Å². The third-order valence-corrected chi connectivity index (χ3v) is 4.59. The highest BCUT2D eigenvalue weighted by atomic mass is 31.2. The molecule has 0 bridgehead atoms. The Morgan fingerprint density at radius 3 is 2.52 bits per heavy atom.